The summed E-state index contributed by atoms with van der Waals surface area (Å²) < 4.78 is 5.85. The monoisotopic (exact) mass is 298 g/mol. The van der Waals surface area contributed by atoms with E-state index in [4.69, 9.17) is 4.74 Å². The van der Waals surface area contributed by atoms with E-state index in [1.807, 2.05) is 26.0 Å². The van der Waals surface area contributed by atoms with Gasteiger partial charge in [0.2, 0.25) is 0 Å². The van der Waals surface area contributed by atoms with E-state index in [1.54, 1.807) is 23.5 Å². The van der Waals surface area contributed by atoms with E-state index in [1.165, 1.54) is 0 Å². The second-order valence-electron chi connectivity index (χ2n) is 4.40. The van der Waals surface area contributed by atoms with Crippen LogP contribution in [0.5, 0.6) is 0 Å². The summed E-state index contributed by atoms with van der Waals surface area (Å²) in [5.41, 5.74) is 0. The number of hydrogen-bond donors (Lipinski definition) is 0. The fourth-order valence-corrected chi connectivity index (χ4v) is 3.78. The molecule has 0 heterocycles. The number of rotatable bonds is 6. The third-order valence-electron chi connectivity index (χ3n) is 2.95. The molecule has 0 aromatic rings. The van der Waals surface area contributed by atoms with Gasteiger partial charge in [-0.2, -0.15) is 0 Å². The number of hydrogen-bond acceptors (Lipinski definition) is 5. The largest absolute Gasteiger partial charge is 0.366 e. The van der Waals surface area contributed by atoms with Gasteiger partial charge in [-0.3, -0.25) is 9.59 Å². The predicted molar refractivity (Wildman–Crippen MR) is 80.3 cm³/mol. The second-order valence-corrected chi connectivity index (χ2v) is 7.01. The average molecular weight is 298 g/mol. The number of ketones is 2. The molecule has 0 aromatic carbocycles. The molecule has 5 heteroatoms. The Labute approximate surface area is 122 Å². The lowest BCUT2D eigenvalue weighted by molar-refractivity contribution is -0.117. The van der Waals surface area contributed by atoms with Crippen LogP contribution >= 0.6 is 23.5 Å². The van der Waals surface area contributed by atoms with Gasteiger partial charge in [-0.1, -0.05) is 13.8 Å². The molecule has 0 aromatic heterocycles. The van der Waals surface area contributed by atoms with Gasteiger partial charge in [-0.15, -0.1) is 23.5 Å². The first-order valence-electron chi connectivity index (χ1n) is 6.55. The maximum absolute atomic E-state index is 11.7. The number of thioether (sulfide) groups is 2. The van der Waals surface area contributed by atoms with Gasteiger partial charge in [0.25, 0.3) is 0 Å². The molecule has 2 atom stereocenters. The van der Waals surface area contributed by atoms with Crippen LogP contribution in [0, 0.1) is 0 Å². The molecule has 2 aliphatic rings. The second kappa shape index (κ2) is 6.77. The van der Waals surface area contributed by atoms with Gasteiger partial charge in [0.1, 0.15) is 0 Å². The first-order valence-corrected chi connectivity index (χ1v) is 8.52. The van der Waals surface area contributed by atoms with Gasteiger partial charge in [0.05, 0.1) is 12.2 Å². The average Bonchev–Trinajstić information content (AvgIpc) is 2.85. The van der Waals surface area contributed by atoms with Crippen LogP contribution < -0.4 is 0 Å². The minimum Gasteiger partial charge on any atom is -0.366 e. The molecule has 3 nitrogen and oxygen atoms in total. The van der Waals surface area contributed by atoms with Crippen LogP contribution in [-0.2, 0) is 14.3 Å². The zero-order chi connectivity index (χ0) is 13.8. The van der Waals surface area contributed by atoms with Gasteiger partial charge in [0.15, 0.2) is 11.6 Å². The first-order chi connectivity index (χ1) is 9.13. The number of ether oxygens (including phenoxy) is 1. The zero-order valence-electron chi connectivity index (χ0n) is 11.2. The Morgan fingerprint density at radius 3 is 1.79 bits per heavy atom. The van der Waals surface area contributed by atoms with Crippen LogP contribution in [0.25, 0.3) is 0 Å². The molecule has 0 fully saturated rings. The third-order valence-corrected chi connectivity index (χ3v) is 4.87. The van der Waals surface area contributed by atoms with Crippen molar-refractivity contribution >= 4 is 35.1 Å². The van der Waals surface area contributed by atoms with Crippen molar-refractivity contribution in [1.29, 1.82) is 0 Å². The normalized spacial score (nSPS) is 26.8. The highest BCUT2D eigenvalue weighted by Crippen LogP contribution is 2.31. The minimum atomic E-state index is -0.165. The Hall–Kier alpha value is -0.520. The zero-order valence-corrected chi connectivity index (χ0v) is 12.8. The van der Waals surface area contributed by atoms with Crippen molar-refractivity contribution in [3.8, 4) is 0 Å². The van der Waals surface area contributed by atoms with Crippen molar-refractivity contribution in [3.63, 3.8) is 0 Å². The van der Waals surface area contributed by atoms with E-state index in [0.29, 0.717) is 12.8 Å². The Kier molecular flexibility index (Phi) is 5.30. The number of allylic oxidation sites excluding steroid dienone is 2. The van der Waals surface area contributed by atoms with Crippen molar-refractivity contribution in [2.24, 2.45) is 0 Å². The Morgan fingerprint density at radius 1 is 1.00 bits per heavy atom. The summed E-state index contributed by atoms with van der Waals surface area (Å²) in [5, 5.41) is 0. The lowest BCUT2D eigenvalue weighted by Crippen LogP contribution is -2.17. The topological polar surface area (TPSA) is 43.4 Å². The van der Waals surface area contributed by atoms with Gasteiger partial charge in [0, 0.05) is 22.7 Å². The van der Waals surface area contributed by atoms with Crippen LogP contribution in [-0.4, -0.2) is 35.3 Å². The standard InChI is InChI=1S/C14H18O3S2/c1-3-18-13-7-9(5-11(13)15)17-10-6-12(16)14(8-10)19-4-2/h7-10H,3-6H2,1-2H3. The fourth-order valence-electron chi connectivity index (χ4n) is 2.18. The van der Waals surface area contributed by atoms with Gasteiger partial charge < -0.3 is 4.74 Å². The molecule has 0 saturated carbocycles. The molecule has 0 bridgehead atoms. The van der Waals surface area contributed by atoms with Crippen molar-refractivity contribution < 1.29 is 14.3 Å². The van der Waals surface area contributed by atoms with Gasteiger partial charge >= 0.3 is 0 Å². The molecular weight excluding hydrogens is 280 g/mol. The highest BCUT2D eigenvalue weighted by molar-refractivity contribution is 8.04. The SMILES string of the molecule is CCSC1=CC(OC2C=C(SCC)C(=O)C2)CC1=O. The fraction of sp³-hybridized carbons (Fsp3) is 0.571. The molecule has 0 saturated heterocycles. The van der Waals surface area contributed by atoms with Gasteiger partial charge in [-0.05, 0) is 23.7 Å². The van der Waals surface area contributed by atoms with E-state index in [0.717, 1.165) is 21.3 Å². The summed E-state index contributed by atoms with van der Waals surface area (Å²) in [4.78, 5) is 25.1. The molecule has 0 N–H and O–H groups in total. The highest BCUT2D eigenvalue weighted by atomic mass is 32.2. The van der Waals surface area contributed by atoms with Crippen LogP contribution in [0.1, 0.15) is 26.7 Å². The molecule has 104 valence electrons. The summed E-state index contributed by atoms with van der Waals surface area (Å²) in [6, 6.07) is 0. The summed E-state index contributed by atoms with van der Waals surface area (Å²) in [6.45, 7) is 4.05. The molecule has 0 radical (unpaired) electrons. The van der Waals surface area contributed by atoms with Crippen molar-refractivity contribution in [2.45, 2.75) is 38.9 Å². The number of carbonyl (C=O) groups excluding carboxylic acids is 2. The molecule has 19 heavy (non-hydrogen) atoms. The van der Waals surface area contributed by atoms with Crippen LogP contribution in [0.2, 0.25) is 0 Å². The highest BCUT2D eigenvalue weighted by Gasteiger charge is 2.30. The molecule has 2 rings (SSSR count). The van der Waals surface area contributed by atoms with E-state index >= 15 is 0 Å². The van der Waals surface area contributed by atoms with E-state index in [9.17, 15) is 9.59 Å². The molecule has 0 amide bonds. The third kappa shape index (κ3) is 3.74. The Balaban J connectivity index is 1.93. The lowest BCUT2D eigenvalue weighted by Gasteiger charge is -2.13. The van der Waals surface area contributed by atoms with E-state index in [-0.39, 0.29) is 23.8 Å². The summed E-state index contributed by atoms with van der Waals surface area (Å²) in [5.74, 6) is 2.11. The maximum Gasteiger partial charge on any atom is 0.171 e. The molecule has 0 aliphatic heterocycles. The van der Waals surface area contributed by atoms with E-state index < -0.39 is 0 Å². The van der Waals surface area contributed by atoms with Crippen molar-refractivity contribution in [3.05, 3.63) is 22.0 Å². The predicted octanol–water partition coefficient (Wildman–Crippen LogP) is 2.96. The lowest BCUT2D eigenvalue weighted by atomic mass is 10.2. The van der Waals surface area contributed by atoms with Crippen LogP contribution in [0.3, 0.4) is 0 Å². The van der Waals surface area contributed by atoms with Crippen LogP contribution in [0.15, 0.2) is 22.0 Å². The first kappa shape index (κ1) is 14.9. The molecule has 2 unspecified atom stereocenters. The number of Topliss-reactive ketones (excluding diaryl/α,β-unsaturated/α-hetero) is 2. The summed E-state index contributed by atoms with van der Waals surface area (Å²) >= 11 is 3.13. The molecule has 0 spiro atoms. The molecular formula is C14H18O3S2. The molecule has 2 aliphatic carbocycles. The van der Waals surface area contributed by atoms with Crippen molar-refractivity contribution in [1.82, 2.24) is 0 Å². The Morgan fingerprint density at radius 2 is 1.42 bits per heavy atom. The summed E-state index contributed by atoms with van der Waals surface area (Å²) in [7, 11) is 0. The number of carbonyl (C=O) groups is 2. The van der Waals surface area contributed by atoms with Crippen molar-refractivity contribution in [2.75, 3.05) is 11.5 Å². The Bertz CT molecular complexity index is 400. The summed E-state index contributed by atoms with van der Waals surface area (Å²) in [6.07, 6.45) is 4.30. The minimum absolute atomic E-state index is 0.160. The van der Waals surface area contributed by atoms with Crippen LogP contribution in [0.4, 0.5) is 0 Å². The van der Waals surface area contributed by atoms with E-state index in [2.05, 4.69) is 0 Å². The van der Waals surface area contributed by atoms with Gasteiger partial charge in [-0.25, -0.2) is 0 Å². The maximum atomic E-state index is 11.7. The quantitative estimate of drug-likeness (QED) is 0.754. The smallest absolute Gasteiger partial charge is 0.171 e.